The summed E-state index contributed by atoms with van der Waals surface area (Å²) in [5, 5.41) is 53.2. The van der Waals surface area contributed by atoms with Gasteiger partial charge in [-0.3, -0.25) is 0 Å². The normalized spacial score (nSPS) is 38.1. The van der Waals surface area contributed by atoms with Gasteiger partial charge in [0.1, 0.15) is 30.5 Å². The number of aliphatic hydroxyl groups is 5. The van der Waals surface area contributed by atoms with Gasteiger partial charge in [-0.2, -0.15) is 0 Å². The van der Waals surface area contributed by atoms with Gasteiger partial charge in [0.2, 0.25) is 5.76 Å². The van der Waals surface area contributed by atoms with Gasteiger partial charge in [-0.1, -0.05) is 50.8 Å². The van der Waals surface area contributed by atoms with Crippen LogP contribution in [0.25, 0.3) is 0 Å². The molecule has 51 heavy (non-hydrogen) atoms. The maximum atomic E-state index is 13.6. The molecule has 13 atom stereocenters. The fraction of sp³-hybridized carbons (Fsp3) is 0.730. The van der Waals surface area contributed by atoms with E-state index in [2.05, 4.69) is 0 Å². The van der Waals surface area contributed by atoms with Gasteiger partial charge in [0.25, 0.3) is 0 Å². The number of hydrogen-bond acceptors (Lipinski definition) is 14. The molecule has 0 aromatic heterocycles. The second kappa shape index (κ2) is 18.4. The molecule has 0 amide bonds. The van der Waals surface area contributed by atoms with E-state index in [1.807, 2.05) is 6.92 Å². The van der Waals surface area contributed by atoms with Crippen molar-refractivity contribution in [2.24, 2.45) is 11.8 Å². The van der Waals surface area contributed by atoms with Crippen LogP contribution >= 0.6 is 0 Å². The molecule has 4 aliphatic rings. The smallest absolute Gasteiger partial charge is 0.373 e. The van der Waals surface area contributed by atoms with Crippen molar-refractivity contribution in [1.82, 2.24) is 0 Å². The quantitative estimate of drug-likeness (QED) is 0.119. The lowest BCUT2D eigenvalue weighted by Gasteiger charge is -2.47. The predicted molar refractivity (Wildman–Crippen MR) is 179 cm³/mol. The van der Waals surface area contributed by atoms with E-state index in [1.54, 1.807) is 50.3 Å². The fourth-order valence-corrected chi connectivity index (χ4v) is 7.35. The molecule has 0 spiro atoms. The van der Waals surface area contributed by atoms with Gasteiger partial charge in [-0.05, 0) is 69.6 Å². The molecule has 2 heterocycles. The molecule has 0 radical (unpaired) electrons. The van der Waals surface area contributed by atoms with Crippen LogP contribution in [0.4, 0.5) is 0 Å². The minimum absolute atomic E-state index is 0.0301. The molecule has 5 rings (SSSR count). The minimum Gasteiger partial charge on any atom is -0.476 e. The lowest BCUT2D eigenvalue weighted by Crippen LogP contribution is -2.63. The minimum atomic E-state index is -1.56. The summed E-state index contributed by atoms with van der Waals surface area (Å²) in [4.78, 5) is 26.8. The summed E-state index contributed by atoms with van der Waals surface area (Å²) >= 11 is 0. The molecule has 13 unspecified atom stereocenters. The van der Waals surface area contributed by atoms with Crippen molar-refractivity contribution < 1.29 is 68.3 Å². The molecule has 2 saturated carbocycles. The van der Waals surface area contributed by atoms with E-state index >= 15 is 0 Å². The molecule has 14 heteroatoms. The van der Waals surface area contributed by atoms with Crippen LogP contribution in [0.3, 0.4) is 0 Å². The standard InChI is InChI=1S/C37H54O14/c1-4-45-35(44)25(18-22-13-7-5-8-14-22)47-32-28(40)26(19-38)49-37(33(32)50-34(43)23-15-9-6-10-16-23)48-24-17-11-12-20(2)31(24)51-36-30(42)29(41)27(39)21(3)46-36/h6,9-10,15-16,18,20-22,24,26-33,36-42H,4-5,7-8,11-14,17,19H2,1-3H3/b25-18-. The average molecular weight is 723 g/mol. The Morgan fingerprint density at radius 2 is 1.51 bits per heavy atom. The van der Waals surface area contributed by atoms with Gasteiger partial charge in [-0.15, -0.1) is 0 Å². The first-order valence-corrected chi connectivity index (χ1v) is 18.3. The van der Waals surface area contributed by atoms with Gasteiger partial charge < -0.3 is 58.7 Å². The van der Waals surface area contributed by atoms with E-state index < -0.39 is 92.2 Å². The van der Waals surface area contributed by atoms with Crippen LogP contribution in [0, 0.1) is 11.8 Å². The zero-order valence-electron chi connectivity index (χ0n) is 29.5. The Morgan fingerprint density at radius 1 is 0.784 bits per heavy atom. The molecule has 5 N–H and O–H groups in total. The van der Waals surface area contributed by atoms with Crippen molar-refractivity contribution >= 4 is 11.9 Å². The molecule has 2 saturated heterocycles. The van der Waals surface area contributed by atoms with Crippen molar-refractivity contribution in [3.8, 4) is 0 Å². The first-order chi connectivity index (χ1) is 24.5. The van der Waals surface area contributed by atoms with Crippen molar-refractivity contribution in [2.45, 2.75) is 146 Å². The Labute approximate surface area is 298 Å². The van der Waals surface area contributed by atoms with Crippen LogP contribution in [0.15, 0.2) is 42.2 Å². The maximum Gasteiger partial charge on any atom is 0.373 e. The second-order valence-corrected chi connectivity index (χ2v) is 14.0. The number of ether oxygens (including phenoxy) is 7. The molecular formula is C37H54O14. The molecule has 0 bridgehead atoms. The summed E-state index contributed by atoms with van der Waals surface area (Å²) < 4.78 is 42.3. The van der Waals surface area contributed by atoms with Gasteiger partial charge in [-0.25, -0.2) is 9.59 Å². The predicted octanol–water partition coefficient (Wildman–Crippen LogP) is 2.12. The highest BCUT2D eigenvalue weighted by Crippen LogP contribution is 2.37. The Balaban J connectivity index is 1.46. The molecule has 286 valence electrons. The fourth-order valence-electron chi connectivity index (χ4n) is 7.35. The van der Waals surface area contributed by atoms with Gasteiger partial charge in [0, 0.05) is 0 Å². The summed E-state index contributed by atoms with van der Waals surface area (Å²) in [5.41, 5.74) is 0.211. The van der Waals surface area contributed by atoms with Gasteiger partial charge >= 0.3 is 11.9 Å². The van der Waals surface area contributed by atoms with Crippen molar-refractivity contribution in [2.75, 3.05) is 13.2 Å². The third-order valence-electron chi connectivity index (χ3n) is 10.3. The van der Waals surface area contributed by atoms with E-state index in [-0.39, 0.29) is 29.8 Å². The third kappa shape index (κ3) is 9.67. The zero-order valence-corrected chi connectivity index (χ0v) is 29.5. The number of aliphatic hydroxyl groups excluding tert-OH is 5. The van der Waals surface area contributed by atoms with E-state index in [1.165, 1.54) is 0 Å². The van der Waals surface area contributed by atoms with Crippen molar-refractivity contribution in [3.05, 3.63) is 47.7 Å². The molecule has 2 aliphatic carbocycles. The van der Waals surface area contributed by atoms with Crippen LogP contribution < -0.4 is 0 Å². The number of rotatable bonds is 12. The number of carbonyl (C=O) groups excluding carboxylic acids is 2. The third-order valence-corrected chi connectivity index (χ3v) is 10.3. The van der Waals surface area contributed by atoms with Crippen LogP contribution in [0.2, 0.25) is 0 Å². The highest BCUT2D eigenvalue weighted by molar-refractivity contribution is 5.89. The highest BCUT2D eigenvalue weighted by Gasteiger charge is 2.53. The lowest BCUT2D eigenvalue weighted by atomic mass is 9.85. The van der Waals surface area contributed by atoms with E-state index in [0.717, 1.165) is 44.9 Å². The summed E-state index contributed by atoms with van der Waals surface area (Å²) in [6, 6.07) is 8.20. The highest BCUT2D eigenvalue weighted by atomic mass is 16.7. The molecule has 1 aromatic carbocycles. The number of hydrogen-bond donors (Lipinski definition) is 5. The SMILES string of the molecule is CCOC(=O)/C(=C/C1CCCCC1)OC1C(O)C(CO)OC(OC2CCCC(C)C2OC2OC(C)C(O)C(O)C2O)C1OC(=O)c1ccccc1. The molecule has 2 aliphatic heterocycles. The molecular weight excluding hydrogens is 668 g/mol. The van der Waals surface area contributed by atoms with E-state index in [0.29, 0.717) is 6.42 Å². The first kappa shape index (κ1) is 39.5. The summed E-state index contributed by atoms with van der Waals surface area (Å²) in [6.45, 7) is 4.59. The summed E-state index contributed by atoms with van der Waals surface area (Å²) in [7, 11) is 0. The van der Waals surface area contributed by atoms with Crippen LogP contribution in [0.1, 0.15) is 82.5 Å². The number of carbonyl (C=O) groups is 2. The largest absolute Gasteiger partial charge is 0.476 e. The molecule has 1 aromatic rings. The second-order valence-electron chi connectivity index (χ2n) is 14.0. The van der Waals surface area contributed by atoms with Crippen molar-refractivity contribution in [1.29, 1.82) is 0 Å². The Hall–Kier alpha value is -2.66. The number of allylic oxidation sites excluding steroid dienone is 1. The zero-order chi connectivity index (χ0) is 36.7. The van der Waals surface area contributed by atoms with E-state index in [9.17, 15) is 35.1 Å². The van der Waals surface area contributed by atoms with Crippen LogP contribution in [-0.2, 0) is 38.0 Å². The van der Waals surface area contributed by atoms with E-state index in [4.69, 9.17) is 33.2 Å². The molecule has 4 fully saturated rings. The molecule has 14 nitrogen and oxygen atoms in total. The van der Waals surface area contributed by atoms with Gasteiger partial charge in [0.15, 0.2) is 24.8 Å². The topological polar surface area (TPSA) is 200 Å². The summed E-state index contributed by atoms with van der Waals surface area (Å²) in [6.07, 6.45) is -6.69. The Kier molecular flexibility index (Phi) is 14.3. The average Bonchev–Trinajstić information content (AvgIpc) is 3.13. The summed E-state index contributed by atoms with van der Waals surface area (Å²) in [5.74, 6) is -1.75. The maximum absolute atomic E-state index is 13.6. The van der Waals surface area contributed by atoms with Gasteiger partial charge in [0.05, 0.1) is 37.1 Å². The van der Waals surface area contributed by atoms with Crippen LogP contribution in [-0.4, -0.2) is 124 Å². The van der Waals surface area contributed by atoms with Crippen LogP contribution in [0.5, 0.6) is 0 Å². The Morgan fingerprint density at radius 3 is 2.20 bits per heavy atom. The lowest BCUT2D eigenvalue weighted by molar-refractivity contribution is -0.344. The Bertz CT molecular complexity index is 1290. The number of benzene rings is 1. The first-order valence-electron chi connectivity index (χ1n) is 18.3. The monoisotopic (exact) mass is 722 g/mol. The van der Waals surface area contributed by atoms with Crippen molar-refractivity contribution in [3.63, 3.8) is 0 Å². The number of esters is 2.